The average molecular weight is 297 g/mol. The average Bonchev–Trinajstić information content (AvgIpc) is 3.40. The fourth-order valence-electron chi connectivity index (χ4n) is 3.03. The van der Waals surface area contributed by atoms with Gasteiger partial charge in [-0.2, -0.15) is 5.10 Å². The van der Waals surface area contributed by atoms with Gasteiger partial charge in [-0.05, 0) is 18.9 Å². The van der Waals surface area contributed by atoms with Gasteiger partial charge < -0.3 is 9.64 Å². The quantitative estimate of drug-likeness (QED) is 0.873. The number of amides is 1. The molecule has 2 fully saturated rings. The van der Waals surface area contributed by atoms with Crippen LogP contribution in [0.3, 0.4) is 0 Å². The second-order valence-electron chi connectivity index (χ2n) is 6.15. The molecule has 0 spiro atoms. The molecule has 0 N–H and O–H groups in total. The topological polar surface area (TPSA) is 55.3 Å². The maximum atomic E-state index is 12.1. The molecule has 1 aliphatic heterocycles. The smallest absolute Gasteiger partial charge is 0.241 e. The first-order valence-electron chi connectivity index (χ1n) is 7.97. The minimum absolute atomic E-state index is 0.114. The lowest BCUT2D eigenvalue weighted by Gasteiger charge is -2.32. The molecular weight excluding hydrogens is 278 g/mol. The van der Waals surface area contributed by atoms with Crippen LogP contribution in [0.2, 0.25) is 0 Å². The van der Waals surface area contributed by atoms with E-state index in [-0.39, 0.29) is 6.10 Å². The number of ether oxygens (including phenoxy) is 1. The van der Waals surface area contributed by atoms with Gasteiger partial charge in [-0.15, -0.1) is 5.10 Å². The van der Waals surface area contributed by atoms with E-state index in [9.17, 15) is 4.79 Å². The first-order chi connectivity index (χ1) is 10.8. The van der Waals surface area contributed by atoms with Crippen molar-refractivity contribution in [2.45, 2.75) is 31.8 Å². The van der Waals surface area contributed by atoms with Gasteiger partial charge in [0.25, 0.3) is 0 Å². The normalized spacial score (nSPS) is 19.4. The number of aromatic nitrogens is 2. The summed E-state index contributed by atoms with van der Waals surface area (Å²) in [5.74, 6) is 1.25. The van der Waals surface area contributed by atoms with Crippen LogP contribution < -0.4 is 4.74 Å². The molecule has 1 saturated carbocycles. The molecule has 2 aromatic rings. The summed E-state index contributed by atoms with van der Waals surface area (Å²) in [4.78, 5) is 14.1. The second kappa shape index (κ2) is 5.55. The Kier molecular flexibility index (Phi) is 3.41. The fraction of sp³-hybridized carbons (Fsp3) is 0.471. The van der Waals surface area contributed by atoms with Crippen molar-refractivity contribution in [2.75, 3.05) is 13.1 Å². The van der Waals surface area contributed by atoms with Crippen LogP contribution in [-0.2, 0) is 4.79 Å². The lowest BCUT2D eigenvalue weighted by molar-refractivity contribution is -0.134. The molecule has 1 aromatic heterocycles. The third-order valence-corrected chi connectivity index (χ3v) is 4.50. The lowest BCUT2D eigenvalue weighted by atomic mass is 10.1. The number of hydrogen-bond donors (Lipinski definition) is 0. The highest BCUT2D eigenvalue weighted by Crippen LogP contribution is 2.32. The minimum Gasteiger partial charge on any atom is -0.473 e. The molecule has 1 amide bonds. The van der Waals surface area contributed by atoms with Crippen molar-refractivity contribution in [1.29, 1.82) is 0 Å². The van der Waals surface area contributed by atoms with E-state index in [0.29, 0.717) is 17.7 Å². The number of rotatable bonds is 3. The summed E-state index contributed by atoms with van der Waals surface area (Å²) >= 11 is 0. The van der Waals surface area contributed by atoms with E-state index in [1.54, 1.807) is 6.20 Å². The van der Waals surface area contributed by atoms with Gasteiger partial charge in [-0.1, -0.05) is 18.2 Å². The highest BCUT2D eigenvalue weighted by Gasteiger charge is 2.35. The van der Waals surface area contributed by atoms with Gasteiger partial charge in [0.15, 0.2) is 0 Å². The molecule has 4 rings (SSSR count). The van der Waals surface area contributed by atoms with E-state index in [1.165, 1.54) is 0 Å². The van der Waals surface area contributed by atoms with E-state index in [4.69, 9.17) is 4.74 Å². The van der Waals surface area contributed by atoms with Gasteiger partial charge in [0, 0.05) is 42.6 Å². The van der Waals surface area contributed by atoms with E-state index in [2.05, 4.69) is 10.2 Å². The van der Waals surface area contributed by atoms with E-state index < -0.39 is 0 Å². The first-order valence-corrected chi connectivity index (χ1v) is 7.97. The third-order valence-electron chi connectivity index (χ3n) is 4.50. The summed E-state index contributed by atoms with van der Waals surface area (Å²) in [6, 6.07) is 7.97. The van der Waals surface area contributed by atoms with Crippen LogP contribution in [0.25, 0.3) is 10.8 Å². The van der Waals surface area contributed by atoms with Crippen molar-refractivity contribution in [3.8, 4) is 5.88 Å². The molecule has 1 aromatic carbocycles. The van der Waals surface area contributed by atoms with Crippen molar-refractivity contribution in [3.05, 3.63) is 30.5 Å². The number of likely N-dealkylation sites (tertiary alicyclic amines) is 1. The van der Waals surface area contributed by atoms with Crippen molar-refractivity contribution in [2.24, 2.45) is 5.92 Å². The Labute approximate surface area is 129 Å². The van der Waals surface area contributed by atoms with Crippen molar-refractivity contribution >= 4 is 16.7 Å². The Hall–Kier alpha value is -2.17. The van der Waals surface area contributed by atoms with Crippen molar-refractivity contribution in [3.63, 3.8) is 0 Å². The zero-order chi connectivity index (χ0) is 14.9. The highest BCUT2D eigenvalue weighted by molar-refractivity contribution is 5.85. The van der Waals surface area contributed by atoms with E-state index >= 15 is 0 Å². The predicted octanol–water partition coefficient (Wildman–Crippen LogP) is 2.41. The molecule has 5 heteroatoms. The molecule has 1 saturated heterocycles. The van der Waals surface area contributed by atoms with Crippen LogP contribution in [0, 0.1) is 5.92 Å². The number of piperidine rings is 1. The van der Waals surface area contributed by atoms with Gasteiger partial charge >= 0.3 is 0 Å². The Morgan fingerprint density at radius 2 is 1.91 bits per heavy atom. The molecule has 2 aliphatic rings. The minimum atomic E-state index is 0.114. The fourth-order valence-corrected chi connectivity index (χ4v) is 3.03. The molecule has 5 nitrogen and oxygen atoms in total. The number of benzene rings is 1. The van der Waals surface area contributed by atoms with Crippen LogP contribution in [0.5, 0.6) is 5.88 Å². The van der Waals surface area contributed by atoms with Crippen molar-refractivity contribution in [1.82, 2.24) is 15.1 Å². The molecule has 0 radical (unpaired) electrons. The maximum absolute atomic E-state index is 12.1. The summed E-state index contributed by atoms with van der Waals surface area (Å²) in [6.07, 6.45) is 5.73. The predicted molar refractivity (Wildman–Crippen MR) is 82.5 cm³/mol. The Balaban J connectivity index is 1.42. The Morgan fingerprint density at radius 1 is 1.14 bits per heavy atom. The lowest BCUT2D eigenvalue weighted by Crippen LogP contribution is -2.42. The van der Waals surface area contributed by atoms with Crippen LogP contribution in [0.4, 0.5) is 0 Å². The van der Waals surface area contributed by atoms with Gasteiger partial charge in [0.05, 0.1) is 6.20 Å². The molecule has 114 valence electrons. The zero-order valence-electron chi connectivity index (χ0n) is 12.4. The SMILES string of the molecule is O=C(C1CC1)N1CCC(Oc2nncc3ccccc23)CC1. The summed E-state index contributed by atoms with van der Waals surface area (Å²) in [5, 5.41) is 10.2. The van der Waals surface area contributed by atoms with Gasteiger partial charge in [-0.3, -0.25) is 4.79 Å². The Bertz CT molecular complexity index is 686. The molecule has 1 aliphatic carbocycles. The molecule has 0 bridgehead atoms. The molecule has 22 heavy (non-hydrogen) atoms. The maximum Gasteiger partial charge on any atom is 0.241 e. The number of carbonyl (C=O) groups excluding carboxylic acids is 1. The Morgan fingerprint density at radius 3 is 2.68 bits per heavy atom. The van der Waals surface area contributed by atoms with Crippen molar-refractivity contribution < 1.29 is 9.53 Å². The molecule has 0 unspecified atom stereocenters. The zero-order valence-corrected chi connectivity index (χ0v) is 12.4. The summed E-state index contributed by atoms with van der Waals surface area (Å²) in [6.45, 7) is 1.58. The summed E-state index contributed by atoms with van der Waals surface area (Å²) in [5.41, 5.74) is 0. The summed E-state index contributed by atoms with van der Waals surface area (Å²) < 4.78 is 6.06. The molecular formula is C17H19N3O2. The van der Waals surface area contributed by atoms with E-state index in [0.717, 1.165) is 49.5 Å². The van der Waals surface area contributed by atoms with Crippen LogP contribution >= 0.6 is 0 Å². The first kappa shape index (κ1) is 13.5. The summed E-state index contributed by atoms with van der Waals surface area (Å²) in [7, 11) is 0. The van der Waals surface area contributed by atoms with Crippen LogP contribution in [0.1, 0.15) is 25.7 Å². The molecule has 0 atom stereocenters. The van der Waals surface area contributed by atoms with Gasteiger partial charge in [-0.25, -0.2) is 0 Å². The third kappa shape index (κ3) is 2.63. The standard InChI is InChI=1S/C17H19N3O2/c21-17(12-5-6-12)20-9-7-14(8-10-20)22-16-15-4-2-1-3-13(15)11-18-19-16/h1-4,11-12,14H,5-10H2. The van der Waals surface area contributed by atoms with Crippen LogP contribution in [0.15, 0.2) is 30.5 Å². The number of hydrogen-bond acceptors (Lipinski definition) is 4. The van der Waals surface area contributed by atoms with Gasteiger partial charge in [0.1, 0.15) is 6.10 Å². The second-order valence-corrected chi connectivity index (χ2v) is 6.15. The highest BCUT2D eigenvalue weighted by atomic mass is 16.5. The van der Waals surface area contributed by atoms with Crippen LogP contribution in [-0.4, -0.2) is 40.2 Å². The molecule has 2 heterocycles. The van der Waals surface area contributed by atoms with E-state index in [1.807, 2.05) is 29.2 Å². The monoisotopic (exact) mass is 297 g/mol. The number of nitrogens with zero attached hydrogens (tertiary/aromatic N) is 3. The number of carbonyl (C=O) groups is 1. The largest absolute Gasteiger partial charge is 0.473 e. The van der Waals surface area contributed by atoms with Gasteiger partial charge in [0.2, 0.25) is 11.8 Å². The number of fused-ring (bicyclic) bond motifs is 1.